The molecule has 0 bridgehead atoms. The zero-order valence-corrected chi connectivity index (χ0v) is 10.7. The average molecular weight is 227 g/mol. The van der Waals surface area contributed by atoms with E-state index in [1.165, 1.54) is 11.1 Å². The van der Waals surface area contributed by atoms with Gasteiger partial charge in [0.05, 0.1) is 5.52 Å². The first kappa shape index (κ1) is 11.8. The van der Waals surface area contributed by atoms with Crippen LogP contribution < -0.4 is 0 Å². The Kier molecular flexibility index (Phi) is 2.97. The quantitative estimate of drug-likeness (QED) is 0.731. The zero-order valence-electron chi connectivity index (χ0n) is 10.7. The maximum atomic E-state index is 11.2. The Labute approximate surface area is 102 Å². The molecule has 2 nitrogen and oxygen atoms in total. The van der Waals surface area contributed by atoms with Crippen LogP contribution in [0.15, 0.2) is 18.2 Å². The first-order valence-electron chi connectivity index (χ1n) is 5.90. The topological polar surface area (TPSA) is 30.0 Å². The first-order chi connectivity index (χ1) is 8.02. The summed E-state index contributed by atoms with van der Waals surface area (Å²) in [6.45, 7) is 8.30. The summed E-state index contributed by atoms with van der Waals surface area (Å²) in [6.07, 6.45) is 0.921. The third kappa shape index (κ3) is 2.07. The Morgan fingerprint density at radius 3 is 2.35 bits per heavy atom. The maximum absolute atomic E-state index is 11.2. The predicted octanol–water partition coefficient (Wildman–Crippen LogP) is 3.79. The molecule has 0 radical (unpaired) electrons. The minimum Gasteiger partial charge on any atom is -0.298 e. The Balaban J connectivity index is 2.82. The smallest absolute Gasteiger partial charge is 0.150 e. The Morgan fingerprint density at radius 1 is 1.12 bits per heavy atom. The maximum Gasteiger partial charge on any atom is 0.150 e. The fraction of sp³-hybridized carbons (Fsp3) is 0.333. The van der Waals surface area contributed by atoms with E-state index < -0.39 is 0 Å². The van der Waals surface area contributed by atoms with Crippen LogP contribution in [0.25, 0.3) is 10.9 Å². The normalized spacial score (nSPS) is 11.1. The molecule has 0 N–H and O–H groups in total. The van der Waals surface area contributed by atoms with E-state index >= 15 is 0 Å². The highest BCUT2D eigenvalue weighted by molar-refractivity contribution is 5.97. The Morgan fingerprint density at radius 2 is 1.76 bits per heavy atom. The predicted molar refractivity (Wildman–Crippen MR) is 70.7 cm³/mol. The van der Waals surface area contributed by atoms with E-state index in [2.05, 4.69) is 38.7 Å². The molecule has 2 aromatic rings. The van der Waals surface area contributed by atoms with Crippen molar-refractivity contribution in [1.82, 2.24) is 4.98 Å². The molecule has 2 rings (SSSR count). The van der Waals surface area contributed by atoms with Gasteiger partial charge in [0.2, 0.25) is 0 Å². The molecule has 0 saturated heterocycles. The van der Waals surface area contributed by atoms with E-state index in [1.807, 2.05) is 12.1 Å². The van der Waals surface area contributed by atoms with Gasteiger partial charge in [0.1, 0.15) is 0 Å². The molecule has 0 atom stereocenters. The first-order valence-corrected chi connectivity index (χ1v) is 5.90. The lowest BCUT2D eigenvalue weighted by atomic mass is 10.00. The fourth-order valence-electron chi connectivity index (χ4n) is 1.93. The van der Waals surface area contributed by atoms with Crippen molar-refractivity contribution in [3.05, 3.63) is 40.6 Å². The summed E-state index contributed by atoms with van der Waals surface area (Å²) in [5, 5.41) is 0.951. The van der Waals surface area contributed by atoms with Crippen molar-refractivity contribution in [3.8, 4) is 0 Å². The molecule has 0 aliphatic heterocycles. The molecule has 0 fully saturated rings. The molecule has 1 heterocycles. The van der Waals surface area contributed by atoms with Gasteiger partial charge in [0.15, 0.2) is 6.29 Å². The van der Waals surface area contributed by atoms with E-state index in [-0.39, 0.29) is 0 Å². The van der Waals surface area contributed by atoms with Crippen molar-refractivity contribution in [3.63, 3.8) is 0 Å². The minimum atomic E-state index is 0.333. The third-order valence-electron chi connectivity index (χ3n) is 3.19. The van der Waals surface area contributed by atoms with Gasteiger partial charge in [-0.15, -0.1) is 0 Å². The lowest BCUT2D eigenvalue weighted by Crippen LogP contribution is -1.98. The molecule has 2 heteroatoms. The SMILES string of the molecule is Cc1cc2nc(C(C)C)cc(C=O)c2cc1C. The molecule has 0 spiro atoms. The number of fused-ring (bicyclic) bond motifs is 1. The van der Waals surface area contributed by atoms with Crippen LogP contribution in [-0.2, 0) is 0 Å². The summed E-state index contributed by atoms with van der Waals surface area (Å²) in [5.41, 5.74) is 5.04. The monoisotopic (exact) mass is 227 g/mol. The molecule has 0 amide bonds. The largest absolute Gasteiger partial charge is 0.298 e. The van der Waals surface area contributed by atoms with E-state index in [1.54, 1.807) is 0 Å². The minimum absolute atomic E-state index is 0.333. The van der Waals surface area contributed by atoms with Gasteiger partial charge in [-0.05, 0) is 49.1 Å². The summed E-state index contributed by atoms with van der Waals surface area (Å²) in [7, 11) is 0. The van der Waals surface area contributed by atoms with Crippen molar-refractivity contribution in [2.75, 3.05) is 0 Å². The van der Waals surface area contributed by atoms with Crippen molar-refractivity contribution in [2.24, 2.45) is 0 Å². The standard InChI is InChI=1S/C15H17NO/c1-9(2)14-7-12(8-17)13-5-10(3)11(4)6-15(13)16-14/h5-9H,1-4H3. The van der Waals surface area contributed by atoms with Gasteiger partial charge in [-0.1, -0.05) is 13.8 Å². The highest BCUT2D eigenvalue weighted by Crippen LogP contribution is 2.24. The number of rotatable bonds is 2. The highest BCUT2D eigenvalue weighted by atomic mass is 16.1. The number of aryl methyl sites for hydroxylation is 2. The number of hydrogen-bond donors (Lipinski definition) is 0. The van der Waals surface area contributed by atoms with Crippen molar-refractivity contribution in [2.45, 2.75) is 33.6 Å². The van der Waals surface area contributed by atoms with Gasteiger partial charge in [0, 0.05) is 16.6 Å². The molecule has 88 valence electrons. The van der Waals surface area contributed by atoms with Crippen LogP contribution in [-0.4, -0.2) is 11.3 Å². The van der Waals surface area contributed by atoms with Crippen LogP contribution in [0.5, 0.6) is 0 Å². The fourth-order valence-corrected chi connectivity index (χ4v) is 1.93. The lowest BCUT2D eigenvalue weighted by molar-refractivity contribution is 0.112. The van der Waals surface area contributed by atoms with Crippen LogP contribution in [0.3, 0.4) is 0 Å². The number of carbonyl (C=O) groups is 1. The Bertz CT molecular complexity index is 585. The molecule has 1 aromatic carbocycles. The summed E-state index contributed by atoms with van der Waals surface area (Å²) in [5.74, 6) is 0.333. The van der Waals surface area contributed by atoms with Crippen LogP contribution in [0.4, 0.5) is 0 Å². The van der Waals surface area contributed by atoms with Gasteiger partial charge in [-0.3, -0.25) is 9.78 Å². The van der Waals surface area contributed by atoms with Crippen LogP contribution >= 0.6 is 0 Å². The number of aldehydes is 1. The summed E-state index contributed by atoms with van der Waals surface area (Å²) in [4.78, 5) is 15.8. The molecule has 0 aliphatic carbocycles. The van der Waals surface area contributed by atoms with Crippen LogP contribution in [0, 0.1) is 13.8 Å². The van der Waals surface area contributed by atoms with E-state index in [0.717, 1.165) is 28.4 Å². The third-order valence-corrected chi connectivity index (χ3v) is 3.19. The molecule has 1 aromatic heterocycles. The highest BCUT2D eigenvalue weighted by Gasteiger charge is 2.09. The van der Waals surface area contributed by atoms with Gasteiger partial charge >= 0.3 is 0 Å². The summed E-state index contributed by atoms with van der Waals surface area (Å²) < 4.78 is 0. The van der Waals surface area contributed by atoms with Crippen molar-refractivity contribution >= 4 is 17.2 Å². The van der Waals surface area contributed by atoms with Gasteiger partial charge in [0.25, 0.3) is 0 Å². The van der Waals surface area contributed by atoms with E-state index in [0.29, 0.717) is 5.92 Å². The zero-order chi connectivity index (χ0) is 12.6. The van der Waals surface area contributed by atoms with Crippen LogP contribution in [0.2, 0.25) is 0 Å². The number of nitrogens with zero attached hydrogens (tertiary/aromatic N) is 1. The second kappa shape index (κ2) is 4.28. The molecule has 17 heavy (non-hydrogen) atoms. The molecular weight excluding hydrogens is 210 g/mol. The number of carbonyl (C=O) groups excluding carboxylic acids is 1. The second-order valence-electron chi connectivity index (χ2n) is 4.86. The molecule has 0 aliphatic rings. The van der Waals surface area contributed by atoms with E-state index in [4.69, 9.17) is 0 Å². The summed E-state index contributed by atoms with van der Waals surface area (Å²) in [6, 6.07) is 6.00. The number of pyridine rings is 1. The van der Waals surface area contributed by atoms with Gasteiger partial charge in [-0.2, -0.15) is 0 Å². The number of hydrogen-bond acceptors (Lipinski definition) is 2. The number of benzene rings is 1. The lowest BCUT2D eigenvalue weighted by Gasteiger charge is -2.10. The number of aromatic nitrogens is 1. The second-order valence-corrected chi connectivity index (χ2v) is 4.86. The van der Waals surface area contributed by atoms with Crippen LogP contribution in [0.1, 0.15) is 46.9 Å². The van der Waals surface area contributed by atoms with Gasteiger partial charge in [-0.25, -0.2) is 0 Å². The van der Waals surface area contributed by atoms with Crippen molar-refractivity contribution in [1.29, 1.82) is 0 Å². The average Bonchev–Trinajstić information content (AvgIpc) is 2.29. The molecule has 0 saturated carbocycles. The summed E-state index contributed by atoms with van der Waals surface area (Å²) >= 11 is 0. The van der Waals surface area contributed by atoms with Crippen molar-refractivity contribution < 1.29 is 4.79 Å². The molecule has 0 unspecified atom stereocenters. The van der Waals surface area contributed by atoms with Gasteiger partial charge < -0.3 is 0 Å². The van der Waals surface area contributed by atoms with E-state index in [9.17, 15) is 4.79 Å². The molecular formula is C15H17NO. The Hall–Kier alpha value is -1.70.